The summed E-state index contributed by atoms with van der Waals surface area (Å²) in [7, 11) is 0. The second-order valence-electron chi connectivity index (χ2n) is 4.45. The van der Waals surface area contributed by atoms with Crippen LogP contribution in [0.4, 0.5) is 0 Å². The second kappa shape index (κ2) is 6.38. The summed E-state index contributed by atoms with van der Waals surface area (Å²) in [5.41, 5.74) is 0. The molecular weight excluding hydrogens is 216 g/mol. The SMILES string of the molecule is CCc1ccc(CNCCN2CCCC2)s1. The maximum absolute atomic E-state index is 3.53. The lowest BCUT2D eigenvalue weighted by Gasteiger charge is -2.14. The highest BCUT2D eigenvalue weighted by atomic mass is 32.1. The predicted molar refractivity (Wildman–Crippen MR) is 71.1 cm³/mol. The van der Waals surface area contributed by atoms with Gasteiger partial charge in [-0.1, -0.05) is 6.92 Å². The molecule has 0 aromatic carbocycles. The Kier molecular flexibility index (Phi) is 4.82. The highest BCUT2D eigenvalue weighted by molar-refractivity contribution is 7.11. The van der Waals surface area contributed by atoms with E-state index in [9.17, 15) is 0 Å². The monoisotopic (exact) mass is 238 g/mol. The Morgan fingerprint density at radius 2 is 2.00 bits per heavy atom. The fraction of sp³-hybridized carbons (Fsp3) is 0.692. The minimum absolute atomic E-state index is 1.04. The highest BCUT2D eigenvalue weighted by Gasteiger charge is 2.09. The first-order chi connectivity index (χ1) is 7.88. The summed E-state index contributed by atoms with van der Waals surface area (Å²) in [4.78, 5) is 5.52. The van der Waals surface area contributed by atoms with Gasteiger partial charge in [0.1, 0.15) is 0 Å². The van der Waals surface area contributed by atoms with E-state index in [1.165, 1.54) is 48.7 Å². The number of hydrogen-bond acceptors (Lipinski definition) is 3. The van der Waals surface area contributed by atoms with Crippen molar-refractivity contribution in [3.05, 3.63) is 21.9 Å². The van der Waals surface area contributed by atoms with Crippen LogP contribution in [-0.4, -0.2) is 31.1 Å². The van der Waals surface area contributed by atoms with Crippen LogP contribution in [0.5, 0.6) is 0 Å². The lowest BCUT2D eigenvalue weighted by atomic mass is 10.3. The largest absolute Gasteiger partial charge is 0.311 e. The average Bonchev–Trinajstić information content (AvgIpc) is 2.95. The van der Waals surface area contributed by atoms with Crippen LogP contribution < -0.4 is 5.32 Å². The Morgan fingerprint density at radius 3 is 2.69 bits per heavy atom. The number of nitrogens with zero attached hydrogens (tertiary/aromatic N) is 1. The first-order valence-corrected chi connectivity index (χ1v) is 7.21. The summed E-state index contributed by atoms with van der Waals surface area (Å²) in [5.74, 6) is 0. The van der Waals surface area contributed by atoms with E-state index in [2.05, 4.69) is 29.3 Å². The molecule has 2 nitrogen and oxygen atoms in total. The molecule has 0 unspecified atom stereocenters. The molecule has 1 aromatic rings. The van der Waals surface area contributed by atoms with Crippen molar-refractivity contribution < 1.29 is 0 Å². The van der Waals surface area contributed by atoms with E-state index in [0.29, 0.717) is 0 Å². The molecule has 0 spiro atoms. The molecular formula is C13H22N2S. The van der Waals surface area contributed by atoms with Gasteiger partial charge in [0, 0.05) is 29.4 Å². The third kappa shape index (κ3) is 3.58. The molecule has 1 N–H and O–H groups in total. The molecule has 1 aromatic heterocycles. The van der Waals surface area contributed by atoms with Crippen LogP contribution in [0.1, 0.15) is 29.5 Å². The number of nitrogens with one attached hydrogen (secondary N) is 1. The molecule has 1 saturated heterocycles. The van der Waals surface area contributed by atoms with Crippen molar-refractivity contribution in [3.63, 3.8) is 0 Å². The van der Waals surface area contributed by atoms with Crippen LogP contribution in [0, 0.1) is 0 Å². The van der Waals surface area contributed by atoms with Crippen LogP contribution in [0.3, 0.4) is 0 Å². The van der Waals surface area contributed by atoms with Gasteiger partial charge < -0.3 is 10.2 Å². The van der Waals surface area contributed by atoms with Gasteiger partial charge >= 0.3 is 0 Å². The summed E-state index contributed by atoms with van der Waals surface area (Å²) in [6, 6.07) is 4.51. The minimum Gasteiger partial charge on any atom is -0.311 e. The third-order valence-electron chi connectivity index (χ3n) is 3.17. The van der Waals surface area contributed by atoms with E-state index in [1.54, 1.807) is 0 Å². The van der Waals surface area contributed by atoms with Gasteiger partial charge in [0.15, 0.2) is 0 Å². The van der Waals surface area contributed by atoms with Crippen LogP contribution >= 0.6 is 11.3 Å². The van der Waals surface area contributed by atoms with Crippen molar-refractivity contribution in [1.82, 2.24) is 10.2 Å². The molecule has 1 aliphatic heterocycles. The van der Waals surface area contributed by atoms with Crippen molar-refractivity contribution in [2.45, 2.75) is 32.7 Å². The quantitative estimate of drug-likeness (QED) is 0.766. The predicted octanol–water partition coefficient (Wildman–Crippen LogP) is 2.50. The molecule has 1 fully saturated rings. The number of hydrogen-bond donors (Lipinski definition) is 1. The van der Waals surface area contributed by atoms with Gasteiger partial charge in [-0.25, -0.2) is 0 Å². The molecule has 0 atom stereocenters. The topological polar surface area (TPSA) is 15.3 Å². The molecule has 1 aliphatic rings. The number of rotatable bonds is 6. The third-order valence-corrected chi connectivity index (χ3v) is 4.40. The van der Waals surface area contributed by atoms with E-state index in [4.69, 9.17) is 0 Å². The van der Waals surface area contributed by atoms with Gasteiger partial charge in [0.05, 0.1) is 0 Å². The summed E-state index contributed by atoms with van der Waals surface area (Å²) in [5, 5.41) is 3.53. The van der Waals surface area contributed by atoms with E-state index < -0.39 is 0 Å². The van der Waals surface area contributed by atoms with Gasteiger partial charge in [-0.05, 0) is 44.5 Å². The molecule has 0 bridgehead atoms. The first kappa shape index (κ1) is 12.1. The van der Waals surface area contributed by atoms with E-state index in [-0.39, 0.29) is 0 Å². The van der Waals surface area contributed by atoms with Crippen molar-refractivity contribution in [3.8, 4) is 0 Å². The lowest BCUT2D eigenvalue weighted by molar-refractivity contribution is 0.336. The molecule has 0 amide bonds. The fourth-order valence-electron chi connectivity index (χ4n) is 2.16. The van der Waals surface area contributed by atoms with E-state index in [0.717, 1.165) is 13.1 Å². The Morgan fingerprint density at radius 1 is 1.25 bits per heavy atom. The van der Waals surface area contributed by atoms with Crippen molar-refractivity contribution in [2.75, 3.05) is 26.2 Å². The zero-order valence-corrected chi connectivity index (χ0v) is 11.0. The molecule has 0 saturated carbocycles. The van der Waals surface area contributed by atoms with Gasteiger partial charge in [-0.3, -0.25) is 0 Å². The Balaban J connectivity index is 1.60. The maximum atomic E-state index is 3.53. The number of aryl methyl sites for hydroxylation is 1. The fourth-order valence-corrected chi connectivity index (χ4v) is 3.09. The molecule has 2 heterocycles. The summed E-state index contributed by atoms with van der Waals surface area (Å²) < 4.78 is 0. The lowest BCUT2D eigenvalue weighted by Crippen LogP contribution is -2.29. The summed E-state index contributed by atoms with van der Waals surface area (Å²) >= 11 is 1.94. The van der Waals surface area contributed by atoms with Gasteiger partial charge in [-0.2, -0.15) is 0 Å². The molecule has 3 heteroatoms. The smallest absolute Gasteiger partial charge is 0.0300 e. The molecule has 2 rings (SSSR count). The Hall–Kier alpha value is -0.380. The zero-order valence-electron chi connectivity index (χ0n) is 10.2. The van der Waals surface area contributed by atoms with Gasteiger partial charge in [0.25, 0.3) is 0 Å². The normalized spacial score (nSPS) is 17.1. The second-order valence-corrected chi connectivity index (χ2v) is 5.70. The zero-order chi connectivity index (χ0) is 11.2. The van der Waals surface area contributed by atoms with E-state index in [1.807, 2.05) is 11.3 Å². The van der Waals surface area contributed by atoms with Crippen molar-refractivity contribution >= 4 is 11.3 Å². The first-order valence-electron chi connectivity index (χ1n) is 6.39. The molecule has 16 heavy (non-hydrogen) atoms. The van der Waals surface area contributed by atoms with E-state index >= 15 is 0 Å². The molecule has 0 radical (unpaired) electrons. The van der Waals surface area contributed by atoms with Crippen LogP contribution in [-0.2, 0) is 13.0 Å². The summed E-state index contributed by atoms with van der Waals surface area (Å²) in [6.07, 6.45) is 3.95. The maximum Gasteiger partial charge on any atom is 0.0300 e. The van der Waals surface area contributed by atoms with Crippen molar-refractivity contribution in [2.24, 2.45) is 0 Å². The van der Waals surface area contributed by atoms with Crippen LogP contribution in [0.2, 0.25) is 0 Å². The highest BCUT2D eigenvalue weighted by Crippen LogP contribution is 2.16. The van der Waals surface area contributed by atoms with Crippen LogP contribution in [0.25, 0.3) is 0 Å². The standard InChI is InChI=1S/C13H22N2S/c1-2-12-5-6-13(16-12)11-14-7-10-15-8-3-4-9-15/h5-6,14H,2-4,7-11H2,1H3. The molecule has 90 valence electrons. The molecule has 0 aliphatic carbocycles. The number of thiophene rings is 1. The van der Waals surface area contributed by atoms with Crippen LogP contribution in [0.15, 0.2) is 12.1 Å². The van der Waals surface area contributed by atoms with Gasteiger partial charge in [0.2, 0.25) is 0 Å². The van der Waals surface area contributed by atoms with Crippen molar-refractivity contribution in [1.29, 1.82) is 0 Å². The van der Waals surface area contributed by atoms with Gasteiger partial charge in [-0.15, -0.1) is 11.3 Å². The average molecular weight is 238 g/mol. The number of likely N-dealkylation sites (tertiary alicyclic amines) is 1. The Bertz CT molecular complexity index is 303. The summed E-state index contributed by atoms with van der Waals surface area (Å²) in [6.45, 7) is 8.21. The minimum atomic E-state index is 1.04. The Labute approximate surface area is 103 Å².